The van der Waals surface area contributed by atoms with Gasteiger partial charge in [0.05, 0.1) is 17.4 Å². The molecule has 0 saturated carbocycles. The van der Waals surface area contributed by atoms with Crippen molar-refractivity contribution in [3.8, 4) is 11.5 Å². The van der Waals surface area contributed by atoms with E-state index in [9.17, 15) is 4.57 Å². The summed E-state index contributed by atoms with van der Waals surface area (Å²) in [5, 5.41) is 0. The van der Waals surface area contributed by atoms with Crippen LogP contribution in [0.1, 0.15) is 34.1 Å². The van der Waals surface area contributed by atoms with E-state index in [1.807, 2.05) is 64.1 Å². The van der Waals surface area contributed by atoms with Gasteiger partial charge in [0.25, 0.3) is 0 Å². The normalized spacial score (nSPS) is 18.1. The van der Waals surface area contributed by atoms with E-state index in [2.05, 4.69) is 0 Å². The van der Waals surface area contributed by atoms with Crippen molar-refractivity contribution in [1.29, 1.82) is 0 Å². The van der Waals surface area contributed by atoms with Gasteiger partial charge in [0.1, 0.15) is 11.5 Å². The van der Waals surface area contributed by atoms with Crippen LogP contribution >= 0.6 is 7.60 Å². The van der Waals surface area contributed by atoms with Crippen molar-refractivity contribution < 1.29 is 22.9 Å². The molecule has 0 aliphatic carbocycles. The molecule has 5 nitrogen and oxygen atoms in total. The Hall–Kier alpha value is -1.75. The molecule has 0 aromatic heterocycles. The second-order valence-electron chi connectivity index (χ2n) is 7.97. The molecule has 28 heavy (non-hydrogen) atoms. The van der Waals surface area contributed by atoms with Gasteiger partial charge < -0.3 is 18.4 Å². The fraction of sp³-hybridized carbons (Fsp3) is 0.429. The van der Waals surface area contributed by atoms with Gasteiger partial charge in [-0.25, -0.2) is 4.57 Å². The van der Waals surface area contributed by atoms with Crippen LogP contribution in [0.15, 0.2) is 60.7 Å². The maximum Gasteiger partial charge on any atom is 0.457 e. The zero-order valence-corrected chi connectivity index (χ0v) is 17.9. The summed E-state index contributed by atoms with van der Waals surface area (Å²) in [6.07, 6.45) is 1.47. The summed E-state index contributed by atoms with van der Waals surface area (Å²) in [4.78, 5) is 0. The molecule has 1 aliphatic heterocycles. The lowest BCUT2D eigenvalue weighted by atomic mass is 9.83. The Balaban J connectivity index is 1.65. The third kappa shape index (κ3) is 5.19. The molecule has 0 bridgehead atoms. The molecular weight excluding hydrogens is 374 g/mol. The summed E-state index contributed by atoms with van der Waals surface area (Å²) in [6, 6.07) is 18.2. The highest BCUT2D eigenvalue weighted by molar-refractivity contribution is 7.54. The van der Waals surface area contributed by atoms with Crippen molar-refractivity contribution in [2.75, 3.05) is 6.16 Å². The van der Waals surface area contributed by atoms with Gasteiger partial charge in [0.15, 0.2) is 0 Å². The first-order valence-corrected chi connectivity index (χ1v) is 11.4. The lowest BCUT2D eigenvalue weighted by molar-refractivity contribution is 0.00578. The molecule has 2 aromatic rings. The second kappa shape index (κ2) is 8.32. The van der Waals surface area contributed by atoms with Gasteiger partial charge in [-0.15, -0.1) is 0 Å². The van der Waals surface area contributed by atoms with Gasteiger partial charge in [0.2, 0.25) is 0 Å². The Morgan fingerprint density at radius 1 is 0.821 bits per heavy atom. The van der Waals surface area contributed by atoms with E-state index in [1.54, 1.807) is 24.3 Å². The summed E-state index contributed by atoms with van der Waals surface area (Å²) in [7, 11) is -3.72. The first kappa shape index (κ1) is 21.0. The van der Waals surface area contributed by atoms with E-state index in [0.717, 1.165) is 0 Å². The topological polar surface area (TPSA) is 54.0 Å². The molecule has 1 aliphatic rings. The highest BCUT2D eigenvalue weighted by Gasteiger charge is 2.50. The molecule has 0 amide bonds. The lowest BCUT2D eigenvalue weighted by Gasteiger charge is -2.32. The minimum absolute atomic E-state index is 0.265. The standard InChI is InChI=1S/C21H28BO5P/c1-20(2)21(3,4)27-22(26-20)16-11-17-28(23,24-18-12-7-5-8-13-18)25-19-14-9-6-10-15-19/h5-10,12-15H,11,16-17H2,1-4H3. The van der Waals surface area contributed by atoms with E-state index in [-0.39, 0.29) is 24.5 Å². The molecule has 150 valence electrons. The average molecular weight is 402 g/mol. The SMILES string of the molecule is CC1(C)OB(CCCP(=O)(Oc2ccccc2)Oc2ccccc2)OC1(C)C. The summed E-state index contributed by atoms with van der Waals surface area (Å²) in [5.74, 6) is 1.05. The molecule has 0 atom stereocenters. The lowest BCUT2D eigenvalue weighted by Crippen LogP contribution is -2.41. The van der Waals surface area contributed by atoms with Crippen LogP contribution in [0.25, 0.3) is 0 Å². The number of benzene rings is 2. The van der Waals surface area contributed by atoms with E-state index in [4.69, 9.17) is 18.4 Å². The largest absolute Gasteiger partial charge is 0.457 e. The zero-order chi connectivity index (χ0) is 20.3. The Labute approximate surface area is 168 Å². The number of rotatable bonds is 8. The monoisotopic (exact) mass is 402 g/mol. The fourth-order valence-corrected chi connectivity index (χ4v) is 4.60. The Morgan fingerprint density at radius 3 is 1.68 bits per heavy atom. The molecule has 0 spiro atoms. The summed E-state index contributed by atoms with van der Waals surface area (Å²) in [5.41, 5.74) is -0.745. The fourth-order valence-electron chi connectivity index (χ4n) is 2.93. The second-order valence-corrected chi connectivity index (χ2v) is 10.0. The Bertz CT molecular complexity index is 749. The molecule has 1 heterocycles. The van der Waals surface area contributed by atoms with Gasteiger partial charge in [-0.2, -0.15) is 0 Å². The third-order valence-electron chi connectivity index (χ3n) is 5.15. The summed E-state index contributed by atoms with van der Waals surface area (Å²) >= 11 is 0. The maximum atomic E-state index is 13.5. The number of para-hydroxylation sites is 2. The number of hydrogen-bond donors (Lipinski definition) is 0. The van der Waals surface area contributed by atoms with E-state index in [1.165, 1.54) is 0 Å². The van der Waals surface area contributed by atoms with Crippen LogP contribution in [0.5, 0.6) is 11.5 Å². The molecule has 0 N–H and O–H groups in total. The average Bonchev–Trinajstić information content (AvgIpc) is 2.83. The van der Waals surface area contributed by atoms with Crippen LogP contribution in [-0.2, 0) is 13.9 Å². The van der Waals surface area contributed by atoms with Crippen LogP contribution in [0, 0.1) is 0 Å². The van der Waals surface area contributed by atoms with Crippen LogP contribution in [0.4, 0.5) is 0 Å². The Morgan fingerprint density at radius 2 is 1.25 bits per heavy atom. The van der Waals surface area contributed by atoms with Crippen LogP contribution in [-0.4, -0.2) is 24.5 Å². The van der Waals surface area contributed by atoms with Gasteiger partial charge >= 0.3 is 14.7 Å². The van der Waals surface area contributed by atoms with Gasteiger partial charge in [-0.3, -0.25) is 0 Å². The summed E-state index contributed by atoms with van der Waals surface area (Å²) in [6.45, 7) is 8.09. The van der Waals surface area contributed by atoms with Gasteiger partial charge in [-0.05, 0) is 64.7 Å². The Kier molecular flexibility index (Phi) is 6.23. The van der Waals surface area contributed by atoms with Crippen molar-refractivity contribution in [3.05, 3.63) is 60.7 Å². The minimum atomic E-state index is -3.40. The molecule has 2 aromatic carbocycles. The smallest absolute Gasteiger partial charge is 0.416 e. The molecule has 3 rings (SSSR count). The van der Waals surface area contributed by atoms with Crippen molar-refractivity contribution in [3.63, 3.8) is 0 Å². The highest BCUT2D eigenvalue weighted by atomic mass is 31.2. The van der Waals surface area contributed by atoms with Gasteiger partial charge in [-0.1, -0.05) is 36.4 Å². The quantitative estimate of drug-likeness (QED) is 0.411. The minimum Gasteiger partial charge on any atom is -0.416 e. The van der Waals surface area contributed by atoms with Gasteiger partial charge in [0, 0.05) is 0 Å². The molecule has 1 saturated heterocycles. The van der Waals surface area contributed by atoms with Crippen molar-refractivity contribution in [2.24, 2.45) is 0 Å². The predicted molar refractivity (Wildman–Crippen MR) is 112 cm³/mol. The molecule has 1 fully saturated rings. The molecule has 7 heteroatoms. The van der Waals surface area contributed by atoms with E-state index in [0.29, 0.717) is 24.2 Å². The predicted octanol–water partition coefficient (Wildman–Crippen LogP) is 5.82. The maximum absolute atomic E-state index is 13.5. The van der Waals surface area contributed by atoms with Crippen molar-refractivity contribution in [2.45, 2.75) is 51.6 Å². The first-order chi connectivity index (χ1) is 13.2. The molecule has 0 unspecified atom stereocenters. The van der Waals surface area contributed by atoms with Crippen LogP contribution < -0.4 is 9.05 Å². The van der Waals surface area contributed by atoms with E-state index < -0.39 is 7.60 Å². The highest BCUT2D eigenvalue weighted by Crippen LogP contribution is 2.49. The number of hydrogen-bond acceptors (Lipinski definition) is 5. The first-order valence-electron chi connectivity index (χ1n) is 9.63. The molecule has 0 radical (unpaired) electrons. The third-order valence-corrected chi connectivity index (χ3v) is 6.99. The molecular formula is C21H28BO5P. The van der Waals surface area contributed by atoms with Crippen molar-refractivity contribution in [1.82, 2.24) is 0 Å². The summed E-state index contributed by atoms with van der Waals surface area (Å²) < 4.78 is 37.1. The van der Waals surface area contributed by atoms with Crippen LogP contribution in [0.2, 0.25) is 6.32 Å². The van der Waals surface area contributed by atoms with Crippen molar-refractivity contribution >= 4 is 14.7 Å². The van der Waals surface area contributed by atoms with Crippen LogP contribution in [0.3, 0.4) is 0 Å². The zero-order valence-electron chi connectivity index (χ0n) is 17.0. The van der Waals surface area contributed by atoms with E-state index >= 15 is 0 Å².